The molecule has 2 nitrogen and oxygen atoms in total. The van der Waals surface area contributed by atoms with Crippen LogP contribution in [0.1, 0.15) is 11.1 Å². The van der Waals surface area contributed by atoms with Gasteiger partial charge in [-0.25, -0.2) is 4.39 Å². The molecule has 2 aromatic carbocycles. The first-order chi connectivity index (χ1) is 8.60. The lowest BCUT2D eigenvalue weighted by molar-refractivity contribution is 0.471. The van der Waals surface area contributed by atoms with E-state index in [4.69, 9.17) is 10.00 Å². The number of benzene rings is 2. The van der Waals surface area contributed by atoms with E-state index in [1.165, 1.54) is 12.1 Å². The molecule has 18 heavy (non-hydrogen) atoms. The average Bonchev–Trinajstić information content (AvgIpc) is 2.30. The zero-order chi connectivity index (χ0) is 13.1. The summed E-state index contributed by atoms with van der Waals surface area (Å²) in [6.45, 7) is 1.84. The predicted octanol–water partition coefficient (Wildman–Crippen LogP) is 4.56. The van der Waals surface area contributed by atoms with Gasteiger partial charge in [-0.05, 0) is 30.7 Å². The van der Waals surface area contributed by atoms with Crippen molar-refractivity contribution in [3.8, 4) is 17.6 Å². The molecule has 0 amide bonds. The molecule has 0 N–H and O–H groups in total. The van der Waals surface area contributed by atoms with Crippen molar-refractivity contribution in [1.82, 2.24) is 0 Å². The summed E-state index contributed by atoms with van der Waals surface area (Å²) in [5.74, 6) is 0.414. The highest BCUT2D eigenvalue weighted by atomic mass is 79.9. The second kappa shape index (κ2) is 5.19. The number of nitriles is 1. The first-order valence-electron chi connectivity index (χ1n) is 5.24. The smallest absolute Gasteiger partial charge is 0.148 e. The van der Waals surface area contributed by atoms with Gasteiger partial charge in [0.25, 0.3) is 0 Å². The number of rotatable bonds is 2. The van der Waals surface area contributed by atoms with Crippen molar-refractivity contribution < 1.29 is 9.13 Å². The van der Waals surface area contributed by atoms with Crippen LogP contribution in [0.5, 0.6) is 11.5 Å². The third-order valence-corrected chi connectivity index (χ3v) is 2.85. The fourth-order valence-electron chi connectivity index (χ4n) is 1.58. The first-order valence-corrected chi connectivity index (χ1v) is 6.03. The van der Waals surface area contributed by atoms with Gasteiger partial charge in [0.1, 0.15) is 23.4 Å². The number of ether oxygens (including phenoxy) is 1. The Morgan fingerprint density at radius 1 is 1.28 bits per heavy atom. The third kappa shape index (κ3) is 2.69. The number of halogens is 2. The van der Waals surface area contributed by atoms with Crippen LogP contribution >= 0.6 is 15.9 Å². The van der Waals surface area contributed by atoms with Crippen LogP contribution in [0.2, 0.25) is 0 Å². The van der Waals surface area contributed by atoms with E-state index in [2.05, 4.69) is 22.0 Å². The average molecular weight is 306 g/mol. The number of nitrogens with zero attached hydrogens (tertiary/aromatic N) is 1. The molecule has 0 unspecified atom stereocenters. The van der Waals surface area contributed by atoms with Crippen LogP contribution < -0.4 is 4.74 Å². The molecule has 0 fully saturated rings. The first kappa shape index (κ1) is 12.6. The summed E-state index contributed by atoms with van der Waals surface area (Å²) in [4.78, 5) is 0. The van der Waals surface area contributed by atoms with Crippen LogP contribution in [0, 0.1) is 24.1 Å². The van der Waals surface area contributed by atoms with E-state index >= 15 is 0 Å². The molecule has 0 aliphatic carbocycles. The number of aryl methyl sites for hydroxylation is 1. The fourth-order valence-corrected chi connectivity index (χ4v) is 2.03. The van der Waals surface area contributed by atoms with Gasteiger partial charge in [0.15, 0.2) is 0 Å². The van der Waals surface area contributed by atoms with Gasteiger partial charge in [-0.15, -0.1) is 0 Å². The van der Waals surface area contributed by atoms with E-state index in [0.717, 1.165) is 5.56 Å². The Labute approximate surface area is 113 Å². The summed E-state index contributed by atoms with van der Waals surface area (Å²) in [6.07, 6.45) is 0. The molecule has 0 saturated carbocycles. The van der Waals surface area contributed by atoms with Crippen molar-refractivity contribution in [3.63, 3.8) is 0 Å². The van der Waals surface area contributed by atoms with Crippen LogP contribution in [0.25, 0.3) is 0 Å². The highest BCUT2D eigenvalue weighted by Gasteiger charge is 2.09. The largest absolute Gasteiger partial charge is 0.456 e. The van der Waals surface area contributed by atoms with Crippen molar-refractivity contribution in [2.45, 2.75) is 6.92 Å². The second-order valence-corrected chi connectivity index (χ2v) is 4.69. The monoisotopic (exact) mass is 305 g/mol. The maximum absolute atomic E-state index is 13.2. The minimum absolute atomic E-state index is 0.354. The molecule has 0 aliphatic heterocycles. The molecule has 0 heterocycles. The minimum Gasteiger partial charge on any atom is -0.456 e. The second-order valence-electron chi connectivity index (χ2n) is 3.77. The highest BCUT2D eigenvalue weighted by Crippen LogP contribution is 2.30. The van der Waals surface area contributed by atoms with Gasteiger partial charge in [0.2, 0.25) is 0 Å². The summed E-state index contributed by atoms with van der Waals surface area (Å²) in [5, 5.41) is 9.02. The standard InChI is InChI=1S/C14H9BrFNO/c1-9-3-2-4-10(8-17)14(9)18-13-6-11(15)5-12(16)7-13/h2-7H,1H3. The summed E-state index contributed by atoms with van der Waals surface area (Å²) >= 11 is 3.20. The molecule has 2 rings (SSSR count). The molecule has 0 aromatic heterocycles. The zero-order valence-corrected chi connectivity index (χ0v) is 11.2. The normalized spacial score (nSPS) is 9.89. The number of hydrogen-bond donors (Lipinski definition) is 0. The van der Waals surface area contributed by atoms with Gasteiger partial charge in [0, 0.05) is 10.5 Å². The van der Waals surface area contributed by atoms with Crippen molar-refractivity contribution >= 4 is 15.9 Å². The third-order valence-electron chi connectivity index (χ3n) is 2.39. The van der Waals surface area contributed by atoms with Crippen molar-refractivity contribution in [2.75, 3.05) is 0 Å². The lowest BCUT2D eigenvalue weighted by Gasteiger charge is -2.10. The van der Waals surface area contributed by atoms with Crippen molar-refractivity contribution in [1.29, 1.82) is 5.26 Å². The van der Waals surface area contributed by atoms with Gasteiger partial charge >= 0.3 is 0 Å². The molecule has 0 radical (unpaired) electrons. The van der Waals surface area contributed by atoms with Crippen LogP contribution in [0.15, 0.2) is 40.9 Å². The van der Waals surface area contributed by atoms with Gasteiger partial charge in [-0.3, -0.25) is 0 Å². The van der Waals surface area contributed by atoms with E-state index in [9.17, 15) is 4.39 Å². The number of hydrogen-bond acceptors (Lipinski definition) is 2. The van der Waals surface area contributed by atoms with Gasteiger partial charge in [-0.2, -0.15) is 5.26 Å². The molecule has 0 bridgehead atoms. The fraction of sp³-hybridized carbons (Fsp3) is 0.0714. The molecule has 0 saturated heterocycles. The molecule has 2 aromatic rings. The van der Waals surface area contributed by atoms with Gasteiger partial charge < -0.3 is 4.74 Å². The summed E-state index contributed by atoms with van der Waals surface area (Å²) in [7, 11) is 0. The number of para-hydroxylation sites is 1. The van der Waals surface area contributed by atoms with E-state index in [1.807, 2.05) is 13.0 Å². The Bertz CT molecular complexity index is 614. The summed E-state index contributed by atoms with van der Waals surface area (Å²) < 4.78 is 19.4. The topological polar surface area (TPSA) is 33.0 Å². The van der Waals surface area contributed by atoms with Crippen molar-refractivity contribution in [3.05, 3.63) is 57.8 Å². The van der Waals surface area contributed by atoms with E-state index < -0.39 is 5.82 Å². The van der Waals surface area contributed by atoms with Crippen LogP contribution in [-0.2, 0) is 0 Å². The van der Waals surface area contributed by atoms with Crippen molar-refractivity contribution in [2.24, 2.45) is 0 Å². The van der Waals surface area contributed by atoms with Crippen LogP contribution in [0.4, 0.5) is 4.39 Å². The predicted molar refractivity (Wildman–Crippen MR) is 70.1 cm³/mol. The molecule has 4 heteroatoms. The van der Waals surface area contributed by atoms with E-state index in [0.29, 0.717) is 21.5 Å². The molecule has 0 atom stereocenters. The van der Waals surface area contributed by atoms with E-state index in [1.54, 1.807) is 18.2 Å². The molecular weight excluding hydrogens is 297 g/mol. The SMILES string of the molecule is Cc1cccc(C#N)c1Oc1cc(F)cc(Br)c1. The lowest BCUT2D eigenvalue weighted by Crippen LogP contribution is -1.92. The lowest BCUT2D eigenvalue weighted by atomic mass is 10.1. The maximum atomic E-state index is 13.2. The van der Waals surface area contributed by atoms with Gasteiger partial charge in [-0.1, -0.05) is 28.1 Å². The molecule has 90 valence electrons. The Morgan fingerprint density at radius 3 is 2.72 bits per heavy atom. The Morgan fingerprint density at radius 2 is 2.06 bits per heavy atom. The molecular formula is C14H9BrFNO. The van der Waals surface area contributed by atoms with Crippen LogP contribution in [-0.4, -0.2) is 0 Å². The molecule has 0 spiro atoms. The Hall–Kier alpha value is -1.86. The van der Waals surface area contributed by atoms with Crippen LogP contribution in [0.3, 0.4) is 0 Å². The minimum atomic E-state index is -0.397. The Kier molecular flexibility index (Phi) is 3.63. The maximum Gasteiger partial charge on any atom is 0.148 e. The molecule has 0 aliphatic rings. The van der Waals surface area contributed by atoms with Gasteiger partial charge in [0.05, 0.1) is 5.56 Å². The summed E-state index contributed by atoms with van der Waals surface area (Å²) in [5.41, 5.74) is 1.25. The Balaban J connectivity index is 2.43. The quantitative estimate of drug-likeness (QED) is 0.815. The zero-order valence-electron chi connectivity index (χ0n) is 9.58. The highest BCUT2D eigenvalue weighted by molar-refractivity contribution is 9.10. The summed E-state index contributed by atoms with van der Waals surface area (Å²) in [6, 6.07) is 11.6. The van der Waals surface area contributed by atoms with E-state index in [-0.39, 0.29) is 0 Å².